The average molecular weight is 397 g/mol. The fourth-order valence-corrected chi connectivity index (χ4v) is 3.54. The zero-order valence-corrected chi connectivity index (χ0v) is 17.0. The molecule has 1 heterocycles. The van der Waals surface area contributed by atoms with Gasteiger partial charge in [-0.15, -0.1) is 0 Å². The van der Waals surface area contributed by atoms with Crippen LogP contribution in [0.3, 0.4) is 0 Å². The Kier molecular flexibility index (Phi) is 6.86. The predicted octanol–water partition coefficient (Wildman–Crippen LogP) is 3.38. The molecule has 1 N–H and O–H groups in total. The number of carbonyl (C=O) groups excluding carboxylic acids is 2. The first-order chi connectivity index (χ1) is 13.9. The Morgan fingerprint density at radius 1 is 0.966 bits per heavy atom. The van der Waals surface area contributed by atoms with Gasteiger partial charge in [-0.2, -0.15) is 0 Å². The Hall–Kier alpha value is -2.89. The molecule has 2 amide bonds. The third kappa shape index (κ3) is 5.56. The highest BCUT2D eigenvalue weighted by Gasteiger charge is 2.30. The molecule has 0 aliphatic carbocycles. The van der Waals surface area contributed by atoms with Gasteiger partial charge in [0.1, 0.15) is 11.9 Å². The third-order valence-electron chi connectivity index (χ3n) is 5.06. The predicted molar refractivity (Wildman–Crippen MR) is 112 cm³/mol. The summed E-state index contributed by atoms with van der Waals surface area (Å²) in [5, 5.41) is 2.93. The highest BCUT2D eigenvalue weighted by Crippen LogP contribution is 2.21. The molecule has 2 aromatic carbocycles. The van der Waals surface area contributed by atoms with Gasteiger partial charge in [-0.05, 0) is 35.7 Å². The molecule has 1 saturated heterocycles. The summed E-state index contributed by atoms with van der Waals surface area (Å²) in [4.78, 5) is 29.6. The molecule has 1 fully saturated rings. The summed E-state index contributed by atoms with van der Waals surface area (Å²) in [5.74, 6) is -0.245. The van der Waals surface area contributed by atoms with Gasteiger partial charge in [0.2, 0.25) is 11.8 Å². The molecule has 1 aliphatic rings. The molecule has 6 heteroatoms. The van der Waals surface area contributed by atoms with Crippen molar-refractivity contribution in [3.63, 3.8) is 0 Å². The summed E-state index contributed by atoms with van der Waals surface area (Å²) in [5.41, 5.74) is 1.74. The number of hydrogen-bond acceptors (Lipinski definition) is 3. The van der Waals surface area contributed by atoms with E-state index in [9.17, 15) is 14.0 Å². The number of nitrogens with zero attached hydrogens (tertiary/aromatic N) is 2. The van der Waals surface area contributed by atoms with Crippen LogP contribution in [-0.4, -0.2) is 42.9 Å². The summed E-state index contributed by atoms with van der Waals surface area (Å²) in [7, 11) is 0. The van der Waals surface area contributed by atoms with Crippen molar-refractivity contribution in [1.29, 1.82) is 0 Å². The number of amides is 2. The van der Waals surface area contributed by atoms with Crippen LogP contribution in [0.25, 0.3) is 0 Å². The second-order valence-corrected chi connectivity index (χ2v) is 7.80. The Bertz CT molecular complexity index is 816. The number of piperazine rings is 1. The maximum Gasteiger partial charge on any atom is 0.249 e. The van der Waals surface area contributed by atoms with Crippen LogP contribution in [-0.2, 0) is 9.59 Å². The number of carbonyl (C=O) groups is 2. The molecule has 5 nitrogen and oxygen atoms in total. The van der Waals surface area contributed by atoms with E-state index in [1.54, 1.807) is 17.0 Å². The van der Waals surface area contributed by atoms with Crippen molar-refractivity contribution < 1.29 is 14.0 Å². The SMILES string of the molecule is CC(C)CC(=O)NC(C(=O)N1CCN(c2ccc(F)cc2)CC1)c1ccccc1. The molecule has 1 unspecified atom stereocenters. The molecule has 0 saturated carbocycles. The molecule has 0 bridgehead atoms. The van der Waals surface area contributed by atoms with Crippen LogP contribution in [0.2, 0.25) is 0 Å². The van der Waals surface area contributed by atoms with E-state index < -0.39 is 6.04 Å². The summed E-state index contributed by atoms with van der Waals surface area (Å²) in [6, 6.07) is 15.1. The van der Waals surface area contributed by atoms with Crippen LogP contribution in [0.15, 0.2) is 54.6 Å². The van der Waals surface area contributed by atoms with E-state index in [1.807, 2.05) is 44.2 Å². The molecule has 0 aromatic heterocycles. The Balaban J connectivity index is 1.68. The van der Waals surface area contributed by atoms with Crippen LogP contribution in [0.4, 0.5) is 10.1 Å². The number of nitrogens with one attached hydrogen (secondary N) is 1. The zero-order valence-electron chi connectivity index (χ0n) is 17.0. The minimum atomic E-state index is -0.681. The molecule has 1 aliphatic heterocycles. The molecule has 3 rings (SSSR count). The van der Waals surface area contributed by atoms with Crippen molar-refractivity contribution in [1.82, 2.24) is 10.2 Å². The van der Waals surface area contributed by atoms with Crippen LogP contribution in [0.5, 0.6) is 0 Å². The third-order valence-corrected chi connectivity index (χ3v) is 5.06. The van der Waals surface area contributed by atoms with E-state index in [-0.39, 0.29) is 23.5 Å². The molecule has 0 spiro atoms. The van der Waals surface area contributed by atoms with Gasteiger partial charge in [-0.3, -0.25) is 9.59 Å². The van der Waals surface area contributed by atoms with Gasteiger partial charge in [0.05, 0.1) is 0 Å². The number of halogens is 1. The van der Waals surface area contributed by atoms with Crippen LogP contribution < -0.4 is 10.2 Å². The van der Waals surface area contributed by atoms with Gasteiger partial charge < -0.3 is 15.1 Å². The van der Waals surface area contributed by atoms with Crippen molar-refractivity contribution in [2.75, 3.05) is 31.1 Å². The first-order valence-electron chi connectivity index (χ1n) is 10.1. The average Bonchev–Trinajstić information content (AvgIpc) is 2.72. The second-order valence-electron chi connectivity index (χ2n) is 7.80. The van der Waals surface area contributed by atoms with Gasteiger partial charge in [0.15, 0.2) is 0 Å². The van der Waals surface area contributed by atoms with Crippen LogP contribution in [0, 0.1) is 11.7 Å². The van der Waals surface area contributed by atoms with E-state index >= 15 is 0 Å². The molecular formula is C23H28FN3O2. The largest absolute Gasteiger partial charge is 0.368 e. The van der Waals surface area contributed by atoms with Gasteiger partial charge >= 0.3 is 0 Å². The van der Waals surface area contributed by atoms with Crippen molar-refractivity contribution in [3.05, 3.63) is 66.0 Å². The fourth-order valence-electron chi connectivity index (χ4n) is 3.54. The lowest BCUT2D eigenvalue weighted by Crippen LogP contribution is -2.52. The minimum Gasteiger partial charge on any atom is -0.368 e. The van der Waals surface area contributed by atoms with Crippen LogP contribution in [0.1, 0.15) is 31.9 Å². The Labute approximate surface area is 171 Å². The maximum atomic E-state index is 13.3. The van der Waals surface area contributed by atoms with Gasteiger partial charge in [-0.1, -0.05) is 44.2 Å². The first-order valence-corrected chi connectivity index (χ1v) is 10.1. The highest BCUT2D eigenvalue weighted by atomic mass is 19.1. The van der Waals surface area contributed by atoms with Crippen LogP contribution >= 0.6 is 0 Å². The molecule has 29 heavy (non-hydrogen) atoms. The van der Waals surface area contributed by atoms with E-state index in [2.05, 4.69) is 10.2 Å². The number of rotatable bonds is 6. The highest BCUT2D eigenvalue weighted by molar-refractivity contribution is 5.89. The van der Waals surface area contributed by atoms with Crippen molar-refractivity contribution >= 4 is 17.5 Å². The lowest BCUT2D eigenvalue weighted by molar-refractivity contribution is -0.137. The topological polar surface area (TPSA) is 52.7 Å². The van der Waals surface area contributed by atoms with Crippen molar-refractivity contribution in [3.8, 4) is 0 Å². The number of anilines is 1. The smallest absolute Gasteiger partial charge is 0.249 e. The van der Waals surface area contributed by atoms with Crippen molar-refractivity contribution in [2.45, 2.75) is 26.3 Å². The summed E-state index contributed by atoms with van der Waals surface area (Å²) >= 11 is 0. The lowest BCUT2D eigenvalue weighted by atomic mass is 10.0. The van der Waals surface area contributed by atoms with E-state index in [4.69, 9.17) is 0 Å². The second kappa shape index (κ2) is 9.54. The van der Waals surface area contributed by atoms with E-state index in [0.29, 0.717) is 32.6 Å². The molecular weight excluding hydrogens is 369 g/mol. The number of hydrogen-bond donors (Lipinski definition) is 1. The molecule has 2 aromatic rings. The number of benzene rings is 2. The Morgan fingerprint density at radius 3 is 2.17 bits per heavy atom. The summed E-state index contributed by atoms with van der Waals surface area (Å²) in [6.07, 6.45) is 0.384. The monoisotopic (exact) mass is 397 g/mol. The standard InChI is InChI=1S/C23H28FN3O2/c1-17(2)16-21(28)25-22(18-6-4-3-5-7-18)23(29)27-14-12-26(13-15-27)20-10-8-19(24)9-11-20/h3-11,17,22H,12-16H2,1-2H3,(H,25,28). The Morgan fingerprint density at radius 2 is 1.59 bits per heavy atom. The fraction of sp³-hybridized carbons (Fsp3) is 0.391. The molecule has 0 radical (unpaired) electrons. The summed E-state index contributed by atoms with van der Waals surface area (Å²) < 4.78 is 13.1. The minimum absolute atomic E-state index is 0.0907. The van der Waals surface area contributed by atoms with Gasteiger partial charge in [0.25, 0.3) is 0 Å². The normalized spacial score (nSPS) is 15.3. The quantitative estimate of drug-likeness (QED) is 0.813. The zero-order chi connectivity index (χ0) is 20.8. The molecule has 154 valence electrons. The summed E-state index contributed by atoms with van der Waals surface area (Å²) in [6.45, 7) is 6.40. The molecule has 1 atom stereocenters. The van der Waals surface area contributed by atoms with Crippen molar-refractivity contribution in [2.24, 2.45) is 5.92 Å². The lowest BCUT2D eigenvalue weighted by Gasteiger charge is -2.37. The first kappa shape index (κ1) is 20.8. The van der Waals surface area contributed by atoms with Gasteiger partial charge in [-0.25, -0.2) is 4.39 Å². The van der Waals surface area contributed by atoms with Gasteiger partial charge in [0, 0.05) is 38.3 Å². The van der Waals surface area contributed by atoms with E-state index in [0.717, 1.165) is 11.3 Å². The van der Waals surface area contributed by atoms with E-state index in [1.165, 1.54) is 12.1 Å². The maximum absolute atomic E-state index is 13.3.